The molecule has 2 aliphatic rings. The SMILES string of the molecule is Cl.O[C@@H]1CCN2CCCC[C@@H]2[C@H]1c1ccc(Cl)c(Cl)c1. The highest BCUT2D eigenvalue weighted by molar-refractivity contribution is 6.42. The highest BCUT2D eigenvalue weighted by Crippen LogP contribution is 2.39. The lowest BCUT2D eigenvalue weighted by Gasteiger charge is -2.46. The number of halogens is 3. The predicted octanol–water partition coefficient (Wildman–Crippen LogP) is 4.12. The van der Waals surface area contributed by atoms with E-state index in [2.05, 4.69) is 4.90 Å². The molecule has 20 heavy (non-hydrogen) atoms. The van der Waals surface area contributed by atoms with Crippen LogP contribution < -0.4 is 0 Å². The molecule has 5 heteroatoms. The number of hydrogen-bond acceptors (Lipinski definition) is 2. The second-order valence-electron chi connectivity index (χ2n) is 5.65. The second-order valence-corrected chi connectivity index (χ2v) is 6.47. The number of aliphatic hydroxyl groups excluding tert-OH is 1. The minimum atomic E-state index is -0.267. The van der Waals surface area contributed by atoms with Gasteiger partial charge in [-0.25, -0.2) is 0 Å². The Morgan fingerprint density at radius 2 is 1.85 bits per heavy atom. The van der Waals surface area contributed by atoms with Crippen molar-refractivity contribution in [2.45, 2.75) is 43.7 Å². The van der Waals surface area contributed by atoms with Crippen molar-refractivity contribution in [1.29, 1.82) is 0 Å². The molecule has 0 bridgehead atoms. The number of piperidine rings is 2. The van der Waals surface area contributed by atoms with Gasteiger partial charge in [0.15, 0.2) is 0 Å². The normalized spacial score (nSPS) is 30.4. The molecule has 2 aliphatic heterocycles. The molecule has 3 rings (SSSR count). The summed E-state index contributed by atoms with van der Waals surface area (Å²) >= 11 is 12.1. The van der Waals surface area contributed by atoms with Crippen LogP contribution in [0.15, 0.2) is 18.2 Å². The molecule has 1 N–H and O–H groups in total. The molecular weight excluding hydrogens is 317 g/mol. The summed E-state index contributed by atoms with van der Waals surface area (Å²) in [7, 11) is 0. The molecule has 1 aromatic rings. The van der Waals surface area contributed by atoms with E-state index < -0.39 is 0 Å². The first-order valence-electron chi connectivity index (χ1n) is 7.04. The van der Waals surface area contributed by atoms with Gasteiger partial charge in [-0.05, 0) is 43.5 Å². The molecule has 1 aromatic carbocycles. The Bertz CT molecular complexity index is 468. The number of fused-ring (bicyclic) bond motifs is 1. The molecule has 0 aromatic heterocycles. The monoisotopic (exact) mass is 335 g/mol. The van der Waals surface area contributed by atoms with Gasteiger partial charge in [0.25, 0.3) is 0 Å². The Morgan fingerprint density at radius 1 is 1.05 bits per heavy atom. The third-order valence-corrected chi connectivity index (χ3v) is 5.27. The fraction of sp³-hybridized carbons (Fsp3) is 0.600. The van der Waals surface area contributed by atoms with Gasteiger partial charge in [0.1, 0.15) is 0 Å². The Kier molecular flexibility index (Phi) is 5.61. The van der Waals surface area contributed by atoms with Gasteiger partial charge in [-0.15, -0.1) is 12.4 Å². The summed E-state index contributed by atoms with van der Waals surface area (Å²) in [4.78, 5) is 2.53. The Morgan fingerprint density at radius 3 is 2.60 bits per heavy atom. The van der Waals surface area contributed by atoms with E-state index in [0.29, 0.717) is 16.1 Å². The maximum absolute atomic E-state index is 10.4. The summed E-state index contributed by atoms with van der Waals surface area (Å²) < 4.78 is 0. The van der Waals surface area contributed by atoms with Crippen molar-refractivity contribution in [3.8, 4) is 0 Å². The Labute approximate surface area is 136 Å². The largest absolute Gasteiger partial charge is 0.392 e. The zero-order chi connectivity index (χ0) is 13.4. The summed E-state index contributed by atoms with van der Waals surface area (Å²) in [6, 6.07) is 6.24. The van der Waals surface area contributed by atoms with E-state index >= 15 is 0 Å². The zero-order valence-electron chi connectivity index (χ0n) is 11.3. The standard InChI is InChI=1S/C15H19Cl2NO.ClH/c16-11-5-4-10(9-12(11)17)15-13-3-1-2-7-18(13)8-6-14(15)19;/h4-5,9,13-15,19H,1-3,6-8H2;1H/t13-,14-,15-;/m1./s1. The van der Waals surface area contributed by atoms with Crippen LogP contribution in [0, 0.1) is 0 Å². The van der Waals surface area contributed by atoms with Crippen molar-refractivity contribution in [3.05, 3.63) is 33.8 Å². The topological polar surface area (TPSA) is 23.5 Å². The van der Waals surface area contributed by atoms with Crippen molar-refractivity contribution in [2.24, 2.45) is 0 Å². The summed E-state index contributed by atoms with van der Waals surface area (Å²) in [6.07, 6.45) is 4.28. The van der Waals surface area contributed by atoms with Crippen LogP contribution in [-0.4, -0.2) is 35.2 Å². The van der Waals surface area contributed by atoms with Gasteiger partial charge in [0.2, 0.25) is 0 Å². The fourth-order valence-electron chi connectivity index (χ4n) is 3.60. The molecule has 0 unspecified atom stereocenters. The molecule has 0 aliphatic carbocycles. The molecule has 112 valence electrons. The molecular formula is C15H20Cl3NO. The van der Waals surface area contributed by atoms with Crippen LogP contribution in [0.4, 0.5) is 0 Å². The first-order chi connectivity index (χ1) is 9.16. The van der Waals surface area contributed by atoms with Crippen LogP contribution in [-0.2, 0) is 0 Å². The minimum Gasteiger partial charge on any atom is -0.392 e. The summed E-state index contributed by atoms with van der Waals surface area (Å²) in [5.41, 5.74) is 1.12. The van der Waals surface area contributed by atoms with Crippen molar-refractivity contribution in [3.63, 3.8) is 0 Å². The minimum absolute atomic E-state index is 0. The van der Waals surface area contributed by atoms with Crippen LogP contribution >= 0.6 is 35.6 Å². The highest BCUT2D eigenvalue weighted by Gasteiger charge is 2.39. The van der Waals surface area contributed by atoms with Crippen LogP contribution in [0.2, 0.25) is 10.0 Å². The molecule has 0 spiro atoms. The number of aliphatic hydroxyl groups is 1. The molecule has 2 nitrogen and oxygen atoms in total. The summed E-state index contributed by atoms with van der Waals surface area (Å²) in [5.74, 6) is 0.170. The van der Waals surface area contributed by atoms with Gasteiger partial charge in [0.05, 0.1) is 16.1 Å². The molecule has 3 atom stereocenters. The van der Waals surface area contributed by atoms with Gasteiger partial charge < -0.3 is 5.11 Å². The van der Waals surface area contributed by atoms with Gasteiger partial charge in [-0.1, -0.05) is 35.7 Å². The molecule has 2 heterocycles. The Hall–Kier alpha value is 0.01000. The predicted molar refractivity (Wildman–Crippen MR) is 86.3 cm³/mol. The van der Waals surface area contributed by atoms with Crippen molar-refractivity contribution < 1.29 is 5.11 Å². The van der Waals surface area contributed by atoms with E-state index in [-0.39, 0.29) is 24.4 Å². The first kappa shape index (κ1) is 16.4. The number of hydrogen-bond donors (Lipinski definition) is 1. The third-order valence-electron chi connectivity index (χ3n) is 4.53. The van der Waals surface area contributed by atoms with E-state index in [9.17, 15) is 5.11 Å². The number of rotatable bonds is 1. The van der Waals surface area contributed by atoms with Crippen LogP contribution in [0.5, 0.6) is 0 Å². The fourth-order valence-corrected chi connectivity index (χ4v) is 3.91. The van der Waals surface area contributed by atoms with Crippen LogP contribution in [0.1, 0.15) is 37.2 Å². The van der Waals surface area contributed by atoms with E-state index in [0.717, 1.165) is 25.1 Å². The van der Waals surface area contributed by atoms with Gasteiger partial charge >= 0.3 is 0 Å². The van der Waals surface area contributed by atoms with E-state index in [1.165, 1.54) is 19.3 Å². The van der Waals surface area contributed by atoms with Gasteiger partial charge in [0, 0.05) is 18.5 Å². The maximum atomic E-state index is 10.4. The highest BCUT2D eigenvalue weighted by atomic mass is 35.5. The molecule has 0 radical (unpaired) electrons. The lowest BCUT2D eigenvalue weighted by atomic mass is 9.77. The average Bonchev–Trinajstić information content (AvgIpc) is 2.42. The van der Waals surface area contributed by atoms with Crippen molar-refractivity contribution >= 4 is 35.6 Å². The summed E-state index contributed by atoms with van der Waals surface area (Å²) in [6.45, 7) is 2.18. The average molecular weight is 337 g/mol. The van der Waals surface area contributed by atoms with Crippen LogP contribution in [0.25, 0.3) is 0 Å². The summed E-state index contributed by atoms with van der Waals surface area (Å²) in [5, 5.41) is 11.6. The number of nitrogens with zero attached hydrogens (tertiary/aromatic N) is 1. The quantitative estimate of drug-likeness (QED) is 0.834. The third kappa shape index (κ3) is 3.10. The van der Waals surface area contributed by atoms with E-state index in [1.807, 2.05) is 18.2 Å². The second kappa shape index (κ2) is 6.85. The lowest BCUT2D eigenvalue weighted by Crippen LogP contribution is -2.51. The van der Waals surface area contributed by atoms with Crippen molar-refractivity contribution in [1.82, 2.24) is 4.90 Å². The number of benzene rings is 1. The smallest absolute Gasteiger partial charge is 0.0636 e. The lowest BCUT2D eigenvalue weighted by molar-refractivity contribution is 0.00108. The molecule has 2 saturated heterocycles. The Balaban J connectivity index is 0.00000147. The zero-order valence-corrected chi connectivity index (χ0v) is 13.6. The molecule has 0 saturated carbocycles. The van der Waals surface area contributed by atoms with Crippen molar-refractivity contribution in [2.75, 3.05) is 13.1 Å². The molecule has 2 fully saturated rings. The van der Waals surface area contributed by atoms with Gasteiger partial charge in [-0.3, -0.25) is 4.90 Å². The maximum Gasteiger partial charge on any atom is 0.0636 e. The molecule has 0 amide bonds. The van der Waals surface area contributed by atoms with E-state index in [4.69, 9.17) is 23.2 Å². The first-order valence-corrected chi connectivity index (χ1v) is 7.79. The van der Waals surface area contributed by atoms with Gasteiger partial charge in [-0.2, -0.15) is 0 Å². The van der Waals surface area contributed by atoms with E-state index in [1.54, 1.807) is 0 Å². The van der Waals surface area contributed by atoms with Crippen LogP contribution in [0.3, 0.4) is 0 Å².